The van der Waals surface area contributed by atoms with Crippen LogP contribution in [0.1, 0.15) is 32.3 Å². The summed E-state index contributed by atoms with van der Waals surface area (Å²) in [5.74, 6) is 1.52. The van der Waals surface area contributed by atoms with E-state index in [-0.39, 0.29) is 5.41 Å². The van der Waals surface area contributed by atoms with Crippen LogP contribution < -0.4 is 10.5 Å². The monoisotopic (exact) mass is 275 g/mol. The summed E-state index contributed by atoms with van der Waals surface area (Å²) >= 11 is 0. The lowest BCUT2D eigenvalue weighted by atomic mass is 9.85. The van der Waals surface area contributed by atoms with Crippen molar-refractivity contribution in [1.29, 1.82) is 0 Å². The maximum absolute atomic E-state index is 6.04. The molecule has 0 aliphatic heterocycles. The molecule has 1 aromatic rings. The molecule has 110 valence electrons. The highest BCUT2D eigenvalue weighted by atomic mass is 16.5. The molecular weight excluding hydrogens is 250 g/mol. The average Bonchev–Trinajstić information content (AvgIpc) is 3.28. The standard InChI is InChI=1S/C16H25N3O/c1-16(2,12-5-9-14(20-4)10-6-12)11-18-15(17)19(3)13-7-8-13/h5-6,9-10,13H,7-8,11H2,1-4H3,(H2,17,18). The second-order valence-corrected chi connectivity index (χ2v) is 6.13. The highest BCUT2D eigenvalue weighted by Crippen LogP contribution is 2.27. The van der Waals surface area contributed by atoms with E-state index in [4.69, 9.17) is 10.5 Å². The molecular formula is C16H25N3O. The highest BCUT2D eigenvalue weighted by Gasteiger charge is 2.28. The van der Waals surface area contributed by atoms with Crippen molar-refractivity contribution in [3.63, 3.8) is 0 Å². The second-order valence-electron chi connectivity index (χ2n) is 6.13. The van der Waals surface area contributed by atoms with Crippen LogP contribution in [0.15, 0.2) is 29.3 Å². The first kappa shape index (κ1) is 14.7. The minimum absolute atomic E-state index is 0.0404. The van der Waals surface area contributed by atoms with Gasteiger partial charge < -0.3 is 15.4 Å². The molecule has 0 radical (unpaired) electrons. The number of nitrogens with zero attached hydrogens (tertiary/aromatic N) is 2. The van der Waals surface area contributed by atoms with Crippen LogP contribution in [0.25, 0.3) is 0 Å². The third-order valence-electron chi connectivity index (χ3n) is 3.96. The summed E-state index contributed by atoms with van der Waals surface area (Å²) < 4.78 is 5.19. The van der Waals surface area contributed by atoms with Crippen LogP contribution in [-0.4, -0.2) is 37.6 Å². The van der Waals surface area contributed by atoms with Crippen molar-refractivity contribution >= 4 is 5.96 Å². The molecule has 0 amide bonds. The number of guanidine groups is 1. The largest absolute Gasteiger partial charge is 0.497 e. The first-order valence-electron chi connectivity index (χ1n) is 7.11. The van der Waals surface area contributed by atoms with Crippen molar-refractivity contribution < 1.29 is 4.74 Å². The Kier molecular flexibility index (Phi) is 4.21. The summed E-state index contributed by atoms with van der Waals surface area (Å²) in [6.07, 6.45) is 2.46. The molecule has 2 N–H and O–H groups in total. The van der Waals surface area contributed by atoms with Gasteiger partial charge >= 0.3 is 0 Å². The number of ether oxygens (including phenoxy) is 1. The van der Waals surface area contributed by atoms with Crippen molar-refractivity contribution in [1.82, 2.24) is 4.90 Å². The van der Waals surface area contributed by atoms with E-state index in [0.717, 1.165) is 5.75 Å². The molecule has 1 aliphatic carbocycles. The Morgan fingerprint density at radius 1 is 1.35 bits per heavy atom. The van der Waals surface area contributed by atoms with E-state index in [1.165, 1.54) is 18.4 Å². The zero-order chi connectivity index (χ0) is 14.8. The Bertz CT molecular complexity index is 475. The number of nitrogens with two attached hydrogens (primary N) is 1. The Hall–Kier alpha value is -1.71. The van der Waals surface area contributed by atoms with Crippen molar-refractivity contribution in [3.05, 3.63) is 29.8 Å². The number of hydrogen-bond acceptors (Lipinski definition) is 2. The van der Waals surface area contributed by atoms with Gasteiger partial charge in [0.2, 0.25) is 0 Å². The molecule has 0 atom stereocenters. The zero-order valence-corrected chi connectivity index (χ0v) is 12.9. The fourth-order valence-electron chi connectivity index (χ4n) is 2.17. The molecule has 0 bridgehead atoms. The summed E-state index contributed by atoms with van der Waals surface area (Å²) in [5.41, 5.74) is 7.24. The maximum Gasteiger partial charge on any atom is 0.191 e. The van der Waals surface area contributed by atoms with Gasteiger partial charge in [0.1, 0.15) is 5.75 Å². The van der Waals surface area contributed by atoms with E-state index in [1.54, 1.807) is 7.11 Å². The third kappa shape index (κ3) is 3.44. The first-order valence-corrected chi connectivity index (χ1v) is 7.11. The fraction of sp³-hybridized carbons (Fsp3) is 0.562. The van der Waals surface area contributed by atoms with Gasteiger partial charge in [-0.15, -0.1) is 0 Å². The van der Waals surface area contributed by atoms with Crippen molar-refractivity contribution in [2.24, 2.45) is 10.7 Å². The number of methoxy groups -OCH3 is 1. The van der Waals surface area contributed by atoms with Crippen LogP contribution in [0, 0.1) is 0 Å². The van der Waals surface area contributed by atoms with Crippen LogP contribution in [0.4, 0.5) is 0 Å². The van der Waals surface area contributed by atoms with E-state index < -0.39 is 0 Å². The molecule has 0 spiro atoms. The van der Waals surface area contributed by atoms with Gasteiger partial charge in [-0.25, -0.2) is 0 Å². The quantitative estimate of drug-likeness (QED) is 0.663. The number of hydrogen-bond donors (Lipinski definition) is 1. The van der Waals surface area contributed by atoms with Crippen LogP contribution in [-0.2, 0) is 5.41 Å². The second kappa shape index (κ2) is 5.73. The lowest BCUT2D eigenvalue weighted by Crippen LogP contribution is -2.37. The van der Waals surface area contributed by atoms with Crippen molar-refractivity contribution in [2.75, 3.05) is 20.7 Å². The molecule has 1 aliphatic rings. The third-order valence-corrected chi connectivity index (χ3v) is 3.96. The summed E-state index contributed by atoms with van der Waals surface area (Å²) in [6.45, 7) is 5.05. The van der Waals surface area contributed by atoms with Gasteiger partial charge in [-0.05, 0) is 30.5 Å². The van der Waals surface area contributed by atoms with Crippen LogP contribution in [0.5, 0.6) is 5.75 Å². The zero-order valence-electron chi connectivity index (χ0n) is 12.9. The first-order chi connectivity index (χ1) is 9.44. The molecule has 1 fully saturated rings. The molecule has 0 unspecified atom stereocenters. The van der Waals surface area contributed by atoms with Gasteiger partial charge in [0.05, 0.1) is 13.7 Å². The molecule has 0 aromatic heterocycles. The topological polar surface area (TPSA) is 50.9 Å². The van der Waals surface area contributed by atoms with E-state index in [1.807, 2.05) is 19.2 Å². The smallest absolute Gasteiger partial charge is 0.191 e. The molecule has 0 saturated heterocycles. The molecule has 4 nitrogen and oxygen atoms in total. The van der Waals surface area contributed by atoms with Gasteiger partial charge in [0, 0.05) is 18.5 Å². The number of aliphatic imine (C=N–C) groups is 1. The highest BCUT2D eigenvalue weighted by molar-refractivity contribution is 5.78. The molecule has 20 heavy (non-hydrogen) atoms. The average molecular weight is 275 g/mol. The molecule has 1 saturated carbocycles. The summed E-state index contributed by atoms with van der Waals surface area (Å²) in [4.78, 5) is 6.65. The van der Waals surface area contributed by atoms with E-state index in [9.17, 15) is 0 Å². The molecule has 1 aromatic carbocycles. The molecule has 2 rings (SSSR count). The Balaban J connectivity index is 2.03. The lowest BCUT2D eigenvalue weighted by Gasteiger charge is -2.25. The minimum Gasteiger partial charge on any atom is -0.497 e. The van der Waals surface area contributed by atoms with Crippen molar-refractivity contribution in [2.45, 2.75) is 38.1 Å². The normalized spacial score (nSPS) is 16.1. The summed E-state index contributed by atoms with van der Waals surface area (Å²) in [7, 11) is 3.70. The number of rotatable bonds is 5. The Morgan fingerprint density at radius 3 is 2.45 bits per heavy atom. The van der Waals surface area contributed by atoms with Crippen molar-refractivity contribution in [3.8, 4) is 5.75 Å². The molecule has 4 heteroatoms. The van der Waals surface area contributed by atoms with E-state index in [0.29, 0.717) is 18.5 Å². The van der Waals surface area contributed by atoms with Gasteiger partial charge in [-0.1, -0.05) is 26.0 Å². The summed E-state index contributed by atoms with van der Waals surface area (Å²) in [5, 5.41) is 0. The van der Waals surface area contributed by atoms with E-state index >= 15 is 0 Å². The Labute approximate surface area is 121 Å². The lowest BCUT2D eigenvalue weighted by molar-refractivity contribution is 0.414. The van der Waals surface area contributed by atoms with Crippen LogP contribution in [0.2, 0.25) is 0 Å². The van der Waals surface area contributed by atoms with Gasteiger partial charge in [-0.2, -0.15) is 0 Å². The number of benzene rings is 1. The van der Waals surface area contributed by atoms with Gasteiger partial charge in [0.15, 0.2) is 5.96 Å². The fourth-order valence-corrected chi connectivity index (χ4v) is 2.17. The van der Waals surface area contributed by atoms with Gasteiger partial charge in [-0.3, -0.25) is 4.99 Å². The predicted octanol–water partition coefficient (Wildman–Crippen LogP) is 2.38. The summed E-state index contributed by atoms with van der Waals surface area (Å²) in [6, 6.07) is 8.76. The van der Waals surface area contributed by atoms with Crippen LogP contribution in [0.3, 0.4) is 0 Å². The van der Waals surface area contributed by atoms with Crippen LogP contribution >= 0.6 is 0 Å². The SMILES string of the molecule is COc1ccc(C(C)(C)CN=C(N)N(C)C2CC2)cc1. The maximum atomic E-state index is 6.04. The predicted molar refractivity (Wildman–Crippen MR) is 83.3 cm³/mol. The minimum atomic E-state index is -0.0404. The van der Waals surface area contributed by atoms with E-state index in [2.05, 4.69) is 35.9 Å². The Morgan fingerprint density at radius 2 is 1.95 bits per heavy atom. The van der Waals surface area contributed by atoms with Gasteiger partial charge in [0.25, 0.3) is 0 Å². The molecule has 0 heterocycles.